The molecule has 0 spiro atoms. The van der Waals surface area contributed by atoms with Crippen molar-refractivity contribution in [3.8, 4) is 0 Å². The minimum atomic E-state index is -0.125. The fourth-order valence-corrected chi connectivity index (χ4v) is 0.652. The van der Waals surface area contributed by atoms with E-state index in [9.17, 15) is 4.79 Å². The van der Waals surface area contributed by atoms with Crippen molar-refractivity contribution < 1.29 is 9.63 Å². The Balaban J connectivity index is 3.26. The molecule has 0 saturated heterocycles. The lowest BCUT2D eigenvalue weighted by Gasteiger charge is -2.03. The first kappa shape index (κ1) is 10.9. The van der Waals surface area contributed by atoms with Crippen LogP contribution < -0.4 is 16.9 Å². The molecule has 0 aromatic rings. The van der Waals surface area contributed by atoms with Crippen molar-refractivity contribution in [3.63, 3.8) is 0 Å². The van der Waals surface area contributed by atoms with Gasteiger partial charge in [-0.15, -0.1) is 0 Å². The molecule has 0 rings (SSSR count). The van der Waals surface area contributed by atoms with Gasteiger partial charge in [0.2, 0.25) is 5.91 Å². The third-order valence-corrected chi connectivity index (χ3v) is 1.15. The maximum absolute atomic E-state index is 10.9. The Hall–Kier alpha value is -1.07. The van der Waals surface area contributed by atoms with Gasteiger partial charge in [0.1, 0.15) is 0 Å². The molecule has 70 valence electrons. The van der Waals surface area contributed by atoms with E-state index in [1.165, 1.54) is 0 Å². The van der Waals surface area contributed by atoms with Gasteiger partial charge in [-0.05, 0) is 6.42 Å². The highest BCUT2D eigenvalue weighted by Gasteiger charge is 1.99. The Kier molecular flexibility index (Phi) is 6.04. The Morgan fingerprint density at radius 1 is 1.58 bits per heavy atom. The molecule has 0 fully saturated rings. The van der Waals surface area contributed by atoms with Crippen molar-refractivity contribution in [2.45, 2.75) is 12.8 Å². The zero-order valence-electron chi connectivity index (χ0n) is 7.01. The van der Waals surface area contributed by atoms with Crippen LogP contribution in [0.2, 0.25) is 0 Å². The second-order valence-electron chi connectivity index (χ2n) is 2.41. The van der Waals surface area contributed by atoms with E-state index >= 15 is 0 Å². The number of carbonyl (C=O) groups is 1. The molecule has 5 heteroatoms. The normalized spacial score (nSPS) is 9.42. The Labute approximate surface area is 71.7 Å². The van der Waals surface area contributed by atoms with Crippen LogP contribution in [-0.4, -0.2) is 19.1 Å². The molecular weight excluding hydrogens is 158 g/mol. The molecular formula is C7H15N3O2. The van der Waals surface area contributed by atoms with Crippen molar-refractivity contribution >= 4 is 5.91 Å². The molecule has 0 aliphatic carbocycles. The zero-order chi connectivity index (χ0) is 9.40. The summed E-state index contributed by atoms with van der Waals surface area (Å²) in [7, 11) is 0. The van der Waals surface area contributed by atoms with E-state index < -0.39 is 0 Å². The maximum Gasteiger partial charge on any atom is 0.225 e. The van der Waals surface area contributed by atoms with Crippen LogP contribution in [0.3, 0.4) is 0 Å². The topological polar surface area (TPSA) is 90.4 Å². The van der Waals surface area contributed by atoms with Crippen molar-refractivity contribution in [1.82, 2.24) is 5.32 Å². The Bertz CT molecular complexity index is 159. The van der Waals surface area contributed by atoms with Gasteiger partial charge in [-0.2, -0.15) is 0 Å². The van der Waals surface area contributed by atoms with Gasteiger partial charge in [0.05, 0.1) is 13.0 Å². The van der Waals surface area contributed by atoms with E-state index in [0.717, 1.165) is 0 Å². The van der Waals surface area contributed by atoms with E-state index in [-0.39, 0.29) is 12.3 Å². The molecule has 0 atom stereocenters. The number of hydrogen-bond acceptors (Lipinski definition) is 4. The first-order chi connectivity index (χ1) is 5.66. The van der Waals surface area contributed by atoms with E-state index in [0.29, 0.717) is 25.3 Å². The van der Waals surface area contributed by atoms with E-state index in [1.807, 2.05) is 0 Å². The van der Waals surface area contributed by atoms with Gasteiger partial charge in [-0.25, -0.2) is 5.90 Å². The third kappa shape index (κ3) is 7.04. The second-order valence-corrected chi connectivity index (χ2v) is 2.41. The summed E-state index contributed by atoms with van der Waals surface area (Å²) in [5, 5.41) is 2.63. The molecule has 0 aliphatic heterocycles. The number of nitrogens with two attached hydrogens (primary N) is 2. The first-order valence-corrected chi connectivity index (χ1v) is 3.68. The summed E-state index contributed by atoms with van der Waals surface area (Å²) in [6.45, 7) is 4.39. The first-order valence-electron chi connectivity index (χ1n) is 3.68. The van der Waals surface area contributed by atoms with Crippen LogP contribution in [0, 0.1) is 0 Å². The SMILES string of the molecule is C=C(N)CC(=O)NCCCON. The van der Waals surface area contributed by atoms with Crippen molar-refractivity contribution in [1.29, 1.82) is 0 Å². The van der Waals surface area contributed by atoms with Gasteiger partial charge in [-0.3, -0.25) is 4.79 Å². The molecule has 5 nitrogen and oxygen atoms in total. The van der Waals surface area contributed by atoms with E-state index in [2.05, 4.69) is 16.7 Å². The van der Waals surface area contributed by atoms with Gasteiger partial charge in [0.25, 0.3) is 0 Å². The van der Waals surface area contributed by atoms with Crippen LogP contribution >= 0.6 is 0 Å². The summed E-state index contributed by atoms with van der Waals surface area (Å²) in [4.78, 5) is 15.2. The van der Waals surface area contributed by atoms with Crippen molar-refractivity contribution in [2.75, 3.05) is 13.2 Å². The van der Waals surface area contributed by atoms with Crippen LogP contribution in [0.25, 0.3) is 0 Å². The summed E-state index contributed by atoms with van der Waals surface area (Å²) in [6, 6.07) is 0. The molecule has 0 radical (unpaired) electrons. The maximum atomic E-state index is 10.9. The molecule has 0 aromatic heterocycles. The molecule has 0 saturated carbocycles. The van der Waals surface area contributed by atoms with Crippen LogP contribution in [0.5, 0.6) is 0 Å². The molecule has 12 heavy (non-hydrogen) atoms. The highest BCUT2D eigenvalue weighted by atomic mass is 16.6. The molecule has 0 aliphatic rings. The molecule has 5 N–H and O–H groups in total. The predicted molar refractivity (Wildman–Crippen MR) is 45.7 cm³/mol. The van der Waals surface area contributed by atoms with Crippen LogP contribution in [0.4, 0.5) is 0 Å². The van der Waals surface area contributed by atoms with Gasteiger partial charge in [0, 0.05) is 12.2 Å². The third-order valence-electron chi connectivity index (χ3n) is 1.15. The minimum absolute atomic E-state index is 0.125. The number of amides is 1. The molecule has 0 unspecified atom stereocenters. The van der Waals surface area contributed by atoms with Crippen molar-refractivity contribution in [3.05, 3.63) is 12.3 Å². The van der Waals surface area contributed by atoms with E-state index in [4.69, 9.17) is 11.6 Å². The van der Waals surface area contributed by atoms with Gasteiger partial charge < -0.3 is 15.9 Å². The molecule has 0 aromatic carbocycles. The quantitative estimate of drug-likeness (QED) is 0.364. The number of nitrogens with one attached hydrogen (secondary N) is 1. The number of carbonyl (C=O) groups excluding carboxylic acids is 1. The lowest BCUT2D eigenvalue weighted by atomic mass is 10.3. The lowest BCUT2D eigenvalue weighted by Crippen LogP contribution is -2.26. The summed E-state index contributed by atoms with van der Waals surface area (Å²) in [5.41, 5.74) is 5.59. The smallest absolute Gasteiger partial charge is 0.225 e. The average molecular weight is 173 g/mol. The van der Waals surface area contributed by atoms with E-state index in [1.54, 1.807) is 0 Å². The zero-order valence-corrected chi connectivity index (χ0v) is 7.01. The van der Waals surface area contributed by atoms with Gasteiger partial charge in [-0.1, -0.05) is 6.58 Å². The summed E-state index contributed by atoms with van der Waals surface area (Å²) in [6.07, 6.45) is 0.864. The largest absolute Gasteiger partial charge is 0.402 e. The summed E-state index contributed by atoms with van der Waals surface area (Å²) in [5.74, 6) is 4.65. The molecule has 0 heterocycles. The standard InChI is InChI=1S/C7H15N3O2/c1-6(8)5-7(11)10-3-2-4-12-9/h1-5,8-9H2,(H,10,11). The highest BCUT2D eigenvalue weighted by molar-refractivity contribution is 5.78. The number of hydrogen-bond donors (Lipinski definition) is 3. The second kappa shape index (κ2) is 6.63. The molecule has 0 bridgehead atoms. The Morgan fingerprint density at radius 2 is 2.25 bits per heavy atom. The fourth-order valence-electron chi connectivity index (χ4n) is 0.652. The van der Waals surface area contributed by atoms with Crippen molar-refractivity contribution in [2.24, 2.45) is 11.6 Å². The van der Waals surface area contributed by atoms with Gasteiger partial charge in [0.15, 0.2) is 0 Å². The fraction of sp³-hybridized carbons (Fsp3) is 0.571. The monoisotopic (exact) mass is 173 g/mol. The minimum Gasteiger partial charge on any atom is -0.402 e. The summed E-state index contributed by atoms with van der Waals surface area (Å²) < 4.78 is 0. The predicted octanol–water partition coefficient (Wildman–Crippen LogP) is -0.754. The number of rotatable bonds is 6. The Morgan fingerprint density at radius 3 is 2.75 bits per heavy atom. The van der Waals surface area contributed by atoms with Crippen LogP contribution in [0.1, 0.15) is 12.8 Å². The van der Waals surface area contributed by atoms with Crippen LogP contribution in [-0.2, 0) is 9.63 Å². The van der Waals surface area contributed by atoms with Gasteiger partial charge >= 0.3 is 0 Å². The van der Waals surface area contributed by atoms with Crippen LogP contribution in [0.15, 0.2) is 12.3 Å². The summed E-state index contributed by atoms with van der Waals surface area (Å²) >= 11 is 0. The molecule has 1 amide bonds. The highest BCUT2D eigenvalue weighted by Crippen LogP contribution is 1.87. The lowest BCUT2D eigenvalue weighted by molar-refractivity contribution is -0.120. The average Bonchev–Trinajstić information content (AvgIpc) is 1.97.